The molecule has 0 atom stereocenters. The number of nitrogens with zero attached hydrogens (tertiary/aromatic N) is 3. The number of nitrogens with one attached hydrogen (secondary N) is 1. The van der Waals surface area contributed by atoms with E-state index < -0.39 is 10.0 Å². The quantitative estimate of drug-likeness (QED) is 0.220. The van der Waals surface area contributed by atoms with Gasteiger partial charge in [0, 0.05) is 42.2 Å². The number of thiophene rings is 1. The summed E-state index contributed by atoms with van der Waals surface area (Å²) in [5, 5.41) is 4.83. The zero-order valence-electron chi connectivity index (χ0n) is 23.0. The minimum absolute atomic E-state index is 0.121. The van der Waals surface area contributed by atoms with Gasteiger partial charge in [0.2, 0.25) is 0 Å². The average Bonchev–Trinajstić information content (AvgIpc) is 3.57. The predicted molar refractivity (Wildman–Crippen MR) is 169 cm³/mol. The number of amides is 1. The molecule has 3 aromatic carbocycles. The molecule has 0 aliphatic carbocycles. The summed E-state index contributed by atoms with van der Waals surface area (Å²) in [6, 6.07) is 23.5. The van der Waals surface area contributed by atoms with Crippen molar-refractivity contribution in [3.63, 3.8) is 0 Å². The Balaban J connectivity index is 1.30. The number of para-hydroxylation sites is 2. The van der Waals surface area contributed by atoms with Crippen LogP contribution in [0.15, 0.2) is 83.8 Å². The molecule has 1 N–H and O–H groups in total. The van der Waals surface area contributed by atoms with E-state index in [1.165, 1.54) is 33.9 Å². The maximum atomic E-state index is 13.5. The van der Waals surface area contributed by atoms with E-state index in [-0.39, 0.29) is 10.8 Å². The van der Waals surface area contributed by atoms with Gasteiger partial charge in [0.05, 0.1) is 20.8 Å². The van der Waals surface area contributed by atoms with Gasteiger partial charge in [-0.2, -0.15) is 0 Å². The lowest BCUT2D eigenvalue weighted by molar-refractivity contribution is 0.102. The molecule has 0 saturated carbocycles. The number of aromatic nitrogens is 1. The highest BCUT2D eigenvalue weighted by atomic mass is 32.2. The molecule has 0 spiro atoms. The molecule has 0 bridgehead atoms. The Labute approximate surface area is 248 Å². The fourth-order valence-electron chi connectivity index (χ4n) is 5.05. The van der Waals surface area contributed by atoms with Crippen molar-refractivity contribution in [2.24, 2.45) is 0 Å². The molecule has 7 nitrogen and oxygen atoms in total. The van der Waals surface area contributed by atoms with Gasteiger partial charge >= 0.3 is 0 Å². The number of benzene rings is 3. The van der Waals surface area contributed by atoms with Crippen LogP contribution in [-0.4, -0.2) is 43.8 Å². The van der Waals surface area contributed by atoms with Crippen molar-refractivity contribution in [2.75, 3.05) is 23.2 Å². The van der Waals surface area contributed by atoms with Crippen molar-refractivity contribution in [3.05, 3.63) is 94.9 Å². The lowest BCUT2D eigenvalue weighted by Crippen LogP contribution is -2.35. The molecule has 1 aliphatic rings. The van der Waals surface area contributed by atoms with Crippen LogP contribution in [0.2, 0.25) is 0 Å². The number of carbonyl (C=O) groups excluding carboxylic acids is 1. The van der Waals surface area contributed by atoms with E-state index in [1.807, 2.05) is 24.3 Å². The van der Waals surface area contributed by atoms with Crippen molar-refractivity contribution in [1.82, 2.24) is 9.88 Å². The van der Waals surface area contributed by atoms with Crippen LogP contribution in [-0.2, 0) is 23.0 Å². The number of fused-ring (bicyclic) bond motifs is 2. The number of hydrogen-bond donors (Lipinski definition) is 1. The zero-order valence-corrected chi connectivity index (χ0v) is 25.4. The van der Waals surface area contributed by atoms with Crippen molar-refractivity contribution in [1.29, 1.82) is 0 Å². The van der Waals surface area contributed by atoms with E-state index >= 15 is 0 Å². The number of sulfonamides is 1. The molecule has 0 radical (unpaired) electrons. The number of thiazole rings is 1. The fourth-order valence-corrected chi connectivity index (χ4v) is 8.62. The first kappa shape index (κ1) is 27.6. The highest BCUT2D eigenvalue weighted by Gasteiger charge is 2.29. The van der Waals surface area contributed by atoms with E-state index in [0.29, 0.717) is 17.3 Å². The molecule has 1 amide bonds. The summed E-state index contributed by atoms with van der Waals surface area (Å²) in [5.41, 5.74) is 4.16. The van der Waals surface area contributed by atoms with Gasteiger partial charge in [-0.25, -0.2) is 13.4 Å². The second kappa shape index (κ2) is 11.0. The van der Waals surface area contributed by atoms with Crippen LogP contribution in [0.3, 0.4) is 0 Å². The summed E-state index contributed by atoms with van der Waals surface area (Å²) in [4.78, 5) is 22.2. The van der Waals surface area contributed by atoms with Crippen molar-refractivity contribution in [3.8, 4) is 10.6 Å². The van der Waals surface area contributed by atoms with Gasteiger partial charge in [-0.15, -0.1) is 22.7 Å². The maximum Gasteiger partial charge on any atom is 0.264 e. The number of rotatable bonds is 7. The topological polar surface area (TPSA) is 82.6 Å². The molecule has 10 heteroatoms. The van der Waals surface area contributed by atoms with Gasteiger partial charge in [0.15, 0.2) is 0 Å². The molecule has 1 aliphatic heterocycles. The highest BCUT2D eigenvalue weighted by Crippen LogP contribution is 2.46. The Hall–Kier alpha value is -3.57. The summed E-state index contributed by atoms with van der Waals surface area (Å²) in [7, 11) is -2.25. The van der Waals surface area contributed by atoms with E-state index in [0.717, 1.165) is 45.3 Å². The monoisotopic (exact) mass is 602 g/mol. The molecule has 5 aromatic rings. The van der Waals surface area contributed by atoms with Crippen LogP contribution < -0.4 is 9.62 Å². The van der Waals surface area contributed by atoms with E-state index in [4.69, 9.17) is 4.98 Å². The van der Waals surface area contributed by atoms with Gasteiger partial charge in [-0.05, 0) is 74.4 Å². The Morgan fingerprint density at radius 3 is 2.39 bits per heavy atom. The lowest BCUT2D eigenvalue weighted by atomic mass is 10.0. The van der Waals surface area contributed by atoms with Gasteiger partial charge in [-0.3, -0.25) is 14.0 Å². The number of anilines is 2. The van der Waals surface area contributed by atoms with Crippen LogP contribution in [0.5, 0.6) is 0 Å². The fraction of sp³-hybridized carbons (Fsp3) is 0.226. The second-order valence-corrected chi connectivity index (χ2v) is 14.4. The Morgan fingerprint density at radius 1 is 0.976 bits per heavy atom. The van der Waals surface area contributed by atoms with Gasteiger partial charge < -0.3 is 5.32 Å². The van der Waals surface area contributed by atoms with E-state index in [2.05, 4.69) is 30.1 Å². The summed E-state index contributed by atoms with van der Waals surface area (Å²) in [5.74, 6) is -0.285. The van der Waals surface area contributed by atoms with Gasteiger partial charge in [-0.1, -0.05) is 30.3 Å². The molecule has 41 heavy (non-hydrogen) atoms. The number of carbonyl (C=O) groups is 1. The zero-order chi connectivity index (χ0) is 28.7. The van der Waals surface area contributed by atoms with Crippen molar-refractivity contribution >= 4 is 59.5 Å². The lowest BCUT2D eigenvalue weighted by Gasteiger charge is -2.30. The Morgan fingerprint density at radius 2 is 1.68 bits per heavy atom. The van der Waals surface area contributed by atoms with Crippen LogP contribution in [0.25, 0.3) is 20.8 Å². The normalized spacial score (nSPS) is 13.9. The smallest absolute Gasteiger partial charge is 0.264 e. The van der Waals surface area contributed by atoms with Crippen LogP contribution in [0.4, 0.5) is 10.7 Å². The maximum absolute atomic E-state index is 13.5. The summed E-state index contributed by atoms with van der Waals surface area (Å²) in [6.07, 6.45) is 0.895. The molecule has 0 fully saturated rings. The summed E-state index contributed by atoms with van der Waals surface area (Å²) < 4.78 is 28.7. The minimum Gasteiger partial charge on any atom is -0.313 e. The SMILES string of the molecule is CC(C)N1CCc2c(sc(NC(=O)c3ccc(S(=O)(=O)N(C)c4ccccc4)cc3)c2-c2nc3ccccc3s2)C1. The van der Waals surface area contributed by atoms with E-state index in [9.17, 15) is 13.2 Å². The third-order valence-electron chi connectivity index (χ3n) is 7.45. The van der Waals surface area contributed by atoms with Gasteiger partial charge in [0.1, 0.15) is 10.0 Å². The largest absolute Gasteiger partial charge is 0.313 e. The molecule has 3 heterocycles. The second-order valence-electron chi connectivity index (χ2n) is 10.3. The summed E-state index contributed by atoms with van der Waals surface area (Å²) in [6.45, 7) is 6.21. The van der Waals surface area contributed by atoms with Crippen molar-refractivity contribution < 1.29 is 13.2 Å². The Bertz CT molecular complexity index is 1790. The first-order valence-electron chi connectivity index (χ1n) is 13.4. The number of hydrogen-bond acceptors (Lipinski definition) is 7. The van der Waals surface area contributed by atoms with E-state index in [1.54, 1.807) is 59.1 Å². The predicted octanol–water partition coefficient (Wildman–Crippen LogP) is 6.87. The van der Waals surface area contributed by atoms with Crippen LogP contribution in [0.1, 0.15) is 34.6 Å². The Kier molecular flexibility index (Phi) is 7.41. The summed E-state index contributed by atoms with van der Waals surface area (Å²) >= 11 is 3.25. The van der Waals surface area contributed by atoms with Crippen molar-refractivity contribution in [2.45, 2.75) is 37.8 Å². The van der Waals surface area contributed by atoms with Crippen LogP contribution in [0, 0.1) is 0 Å². The van der Waals surface area contributed by atoms with Crippen LogP contribution >= 0.6 is 22.7 Å². The average molecular weight is 603 g/mol. The van der Waals surface area contributed by atoms with Gasteiger partial charge in [0.25, 0.3) is 15.9 Å². The highest BCUT2D eigenvalue weighted by molar-refractivity contribution is 7.92. The molecule has 0 saturated heterocycles. The molecule has 210 valence electrons. The molecule has 2 aromatic heterocycles. The molecule has 6 rings (SSSR count). The molecule has 0 unspecified atom stereocenters. The molecular formula is C31H30N4O3S3. The third-order valence-corrected chi connectivity index (χ3v) is 11.4. The third kappa shape index (κ3) is 5.28. The first-order valence-corrected chi connectivity index (χ1v) is 16.5. The first-order chi connectivity index (χ1) is 19.7. The minimum atomic E-state index is -3.77. The standard InChI is InChI=1S/C31H30N4O3S3/c1-20(2)35-18-17-24-27(19-35)40-31(28(24)30-32-25-11-7-8-12-26(25)39-30)33-29(36)21-13-15-23(16-14-21)41(37,38)34(3)22-9-5-4-6-10-22/h4-16,20H,17-19H2,1-3H3,(H,33,36). The molecular weight excluding hydrogens is 573 g/mol.